The van der Waals surface area contributed by atoms with Crippen molar-refractivity contribution in [2.45, 2.75) is 119 Å². The van der Waals surface area contributed by atoms with Crippen molar-refractivity contribution in [2.75, 3.05) is 39.0 Å². The Morgan fingerprint density at radius 2 is 1.91 bits per heavy atom. The summed E-state index contributed by atoms with van der Waals surface area (Å²) in [6.45, 7) is 2.30. The molecule has 3 saturated heterocycles. The Kier molecular flexibility index (Phi) is 15.8. The van der Waals surface area contributed by atoms with Gasteiger partial charge in [0.25, 0.3) is 0 Å². The van der Waals surface area contributed by atoms with Gasteiger partial charge in [0.2, 0.25) is 5.91 Å². The molecule has 0 aromatic carbocycles. The van der Waals surface area contributed by atoms with Gasteiger partial charge < -0.3 is 40.9 Å². The maximum Gasteiger partial charge on any atom is 0.315 e. The number of thioether (sulfide) groups is 1. The van der Waals surface area contributed by atoms with E-state index in [4.69, 9.17) is 9.84 Å². The number of nitrogens with one attached hydrogen (secondary N) is 3. The normalized spacial score (nSPS) is 25.5. The highest BCUT2D eigenvalue weighted by molar-refractivity contribution is 8.00. The van der Waals surface area contributed by atoms with Gasteiger partial charge in [-0.05, 0) is 77.6 Å². The summed E-state index contributed by atoms with van der Waals surface area (Å²) in [6, 6.07) is 0.412. The minimum atomic E-state index is -1.21. The molecule has 3 fully saturated rings. The Labute approximate surface area is 313 Å². The lowest BCUT2D eigenvalue weighted by atomic mass is 10.0. The molecular formula is C35H54N10O7S. The predicted molar refractivity (Wildman–Crippen MR) is 202 cm³/mol. The number of carbonyl (C=O) groups excluding carboxylic acids is 2. The van der Waals surface area contributed by atoms with Crippen molar-refractivity contribution in [3.05, 3.63) is 12.7 Å². The van der Waals surface area contributed by atoms with Gasteiger partial charge >= 0.3 is 12.0 Å². The number of aromatic nitrogens is 4. The monoisotopic (exact) mass is 758 g/mol. The minimum absolute atomic E-state index is 0.0572. The van der Waals surface area contributed by atoms with Crippen LogP contribution in [0, 0.1) is 0 Å². The predicted octanol–water partition coefficient (Wildman–Crippen LogP) is 2.20. The highest BCUT2D eigenvalue weighted by Gasteiger charge is 2.45. The van der Waals surface area contributed by atoms with E-state index >= 15 is 0 Å². The second-order valence-corrected chi connectivity index (χ2v) is 15.2. The summed E-state index contributed by atoms with van der Waals surface area (Å²) in [4.78, 5) is 58.4. The highest BCUT2D eigenvalue weighted by Crippen LogP contribution is 2.34. The van der Waals surface area contributed by atoms with Crippen molar-refractivity contribution >= 4 is 59.1 Å². The number of likely N-dealkylation sites (N-methyl/N-ethyl adjacent to an activating group) is 1. The topological polar surface area (TPSA) is 229 Å². The first-order valence-corrected chi connectivity index (χ1v) is 19.8. The molecule has 6 N–H and O–H groups in total. The van der Waals surface area contributed by atoms with Crippen LogP contribution in [0.15, 0.2) is 22.6 Å². The summed E-state index contributed by atoms with van der Waals surface area (Å²) in [7, 11) is 1.81. The van der Waals surface area contributed by atoms with Crippen LogP contribution in [0.5, 0.6) is 0 Å². The number of ether oxygens (including phenoxy) is 1. The molecule has 0 radical (unpaired) electrons. The number of nitrogens with zero attached hydrogens (tertiary/aromatic N) is 7. The largest absolute Gasteiger partial charge is 0.481 e. The van der Waals surface area contributed by atoms with Crippen molar-refractivity contribution in [1.82, 2.24) is 40.4 Å². The molecule has 2 aromatic rings. The van der Waals surface area contributed by atoms with Crippen LogP contribution in [0.2, 0.25) is 0 Å². The Bertz CT molecular complexity index is 1560. The molecule has 5 heterocycles. The molecule has 0 saturated carbocycles. The van der Waals surface area contributed by atoms with Gasteiger partial charge in [-0.15, -0.1) is 0 Å². The van der Waals surface area contributed by atoms with E-state index in [2.05, 4.69) is 40.9 Å². The quantitative estimate of drug-likeness (QED) is 0.0545. The van der Waals surface area contributed by atoms with Crippen LogP contribution in [0.3, 0.4) is 0 Å². The molecule has 3 aliphatic heterocycles. The number of aliphatic imine (C=N–C) groups is 2. The van der Waals surface area contributed by atoms with Crippen LogP contribution in [0.25, 0.3) is 11.2 Å². The lowest BCUT2D eigenvalue weighted by Gasteiger charge is -2.22. The molecule has 7 atom stereocenters. The number of carboxylic acid groups (broad SMARTS) is 1. The highest BCUT2D eigenvalue weighted by atomic mass is 32.2. The molecule has 17 nitrogen and oxygen atoms in total. The molecule has 292 valence electrons. The molecule has 3 aliphatic rings. The van der Waals surface area contributed by atoms with Crippen molar-refractivity contribution in [3.8, 4) is 0 Å². The number of aliphatic hydroxyl groups excluding tert-OH is 2. The zero-order valence-corrected chi connectivity index (χ0v) is 31.2. The molecular weight excluding hydrogens is 705 g/mol. The van der Waals surface area contributed by atoms with Crippen molar-refractivity contribution in [1.29, 1.82) is 0 Å². The summed E-state index contributed by atoms with van der Waals surface area (Å²) < 4.78 is 7.61. The van der Waals surface area contributed by atoms with Crippen molar-refractivity contribution in [3.63, 3.8) is 0 Å². The van der Waals surface area contributed by atoms with E-state index in [0.29, 0.717) is 54.7 Å². The number of imidazole rings is 1. The van der Waals surface area contributed by atoms with E-state index in [9.17, 15) is 24.6 Å². The molecule has 18 heteroatoms. The molecule has 53 heavy (non-hydrogen) atoms. The zero-order chi connectivity index (χ0) is 37.6. The summed E-state index contributed by atoms with van der Waals surface area (Å²) in [5.41, 5.74) is 0.882. The fraction of sp³-hybridized carbons (Fsp3) is 0.714. The third-order valence-electron chi connectivity index (χ3n) is 9.75. The number of hydrogen-bond acceptors (Lipinski definition) is 13. The molecule has 0 bridgehead atoms. The van der Waals surface area contributed by atoms with Gasteiger partial charge in [-0.2, -0.15) is 11.8 Å². The van der Waals surface area contributed by atoms with Crippen LogP contribution < -0.4 is 16.0 Å². The summed E-state index contributed by atoms with van der Waals surface area (Å²) in [5, 5.41) is 39.8. The van der Waals surface area contributed by atoms with E-state index in [1.807, 2.05) is 29.9 Å². The Hall–Kier alpha value is -3.71. The maximum absolute atomic E-state index is 12.2. The number of aliphatic hydroxyl groups is 2. The molecule has 0 spiro atoms. The van der Waals surface area contributed by atoms with Crippen LogP contribution in [0.4, 0.5) is 10.6 Å². The fourth-order valence-corrected chi connectivity index (χ4v) is 8.40. The molecule has 0 unspecified atom stereocenters. The lowest BCUT2D eigenvalue weighted by molar-refractivity contribution is -0.137. The maximum atomic E-state index is 12.2. The first-order valence-electron chi connectivity index (χ1n) is 18.8. The number of rotatable bonds is 23. The average molecular weight is 759 g/mol. The SMILES string of the molecule is CN(CCCC(=O)O)C[C@H]1O[C@@H](n2cnc3c(/N=C/CCCC=NCCCCCNC(=O)CCCC[C@H]4SC[C@H]5NC(=O)N[C@H]54)ncnc32)[C@H](O)[C@@H]1O. The second-order valence-electron chi connectivity index (χ2n) is 13.9. The molecule has 0 aliphatic carbocycles. The van der Waals surface area contributed by atoms with Gasteiger partial charge in [0, 0.05) is 49.7 Å². The van der Waals surface area contributed by atoms with Crippen molar-refractivity contribution < 1.29 is 34.4 Å². The van der Waals surface area contributed by atoms with Gasteiger partial charge in [0.15, 0.2) is 23.2 Å². The summed E-state index contributed by atoms with van der Waals surface area (Å²) in [6.07, 6.45) is 12.0. The molecule has 2 aromatic heterocycles. The second kappa shape index (κ2) is 20.7. The van der Waals surface area contributed by atoms with E-state index in [1.165, 1.54) is 12.7 Å². The number of hydrogen-bond donors (Lipinski definition) is 6. The molecule has 5 rings (SSSR count). The fourth-order valence-electron chi connectivity index (χ4n) is 6.86. The van der Waals surface area contributed by atoms with Crippen LogP contribution in [-0.2, 0) is 14.3 Å². The van der Waals surface area contributed by atoms with Crippen molar-refractivity contribution in [2.24, 2.45) is 9.98 Å². The third-order valence-corrected chi connectivity index (χ3v) is 11.3. The van der Waals surface area contributed by atoms with Crippen LogP contribution in [0.1, 0.15) is 83.3 Å². The van der Waals surface area contributed by atoms with E-state index in [0.717, 1.165) is 70.1 Å². The number of carboxylic acids is 1. The molecule has 3 amide bonds. The average Bonchev–Trinajstić information content (AvgIpc) is 3.89. The van der Waals surface area contributed by atoms with Crippen LogP contribution >= 0.6 is 11.8 Å². The van der Waals surface area contributed by atoms with Gasteiger partial charge in [0.1, 0.15) is 24.6 Å². The van der Waals surface area contributed by atoms with E-state index < -0.39 is 30.5 Å². The van der Waals surface area contributed by atoms with E-state index in [-0.39, 0.29) is 30.4 Å². The number of unbranched alkanes of at least 4 members (excludes halogenated alkanes) is 5. The van der Waals surface area contributed by atoms with E-state index in [1.54, 1.807) is 10.8 Å². The first-order chi connectivity index (χ1) is 25.7. The van der Waals surface area contributed by atoms with Gasteiger partial charge in [0.05, 0.1) is 18.4 Å². The number of carbonyl (C=O) groups is 3. The number of amides is 3. The Balaban J connectivity index is 0.905. The van der Waals surface area contributed by atoms with Crippen LogP contribution in [-0.4, -0.2) is 145 Å². The Morgan fingerprint density at radius 3 is 2.75 bits per heavy atom. The summed E-state index contributed by atoms with van der Waals surface area (Å²) >= 11 is 1.91. The minimum Gasteiger partial charge on any atom is -0.481 e. The lowest BCUT2D eigenvalue weighted by Crippen LogP contribution is -2.38. The number of aliphatic carboxylic acids is 1. The number of urea groups is 1. The first kappa shape index (κ1) is 40.5. The van der Waals surface area contributed by atoms with Gasteiger partial charge in [-0.1, -0.05) is 6.42 Å². The third kappa shape index (κ3) is 11.9. The standard InChI is InChI=1S/C35H54N10O7S/c1-44(18-10-13-27(47)48)19-24-30(49)31(50)34(52-24)45-22-41-29-32(39-21-40-33(29)45)38-17-9-3-7-15-36-14-6-2-8-16-37-26(46)12-5-4-11-25-28-23(20-53-25)42-35(51)43-28/h15,17,21-25,28,30-31,34,49-50H,2-14,16,18-20H2,1H3,(H,37,46)(H,47,48)(H2,42,43,51)/b36-15?,38-17+/t23-,24-,25-,28-,30-,31-,34-/m1/s1. The Morgan fingerprint density at radius 1 is 1.06 bits per heavy atom. The zero-order valence-electron chi connectivity index (χ0n) is 30.4. The van der Waals surface area contributed by atoms with Gasteiger partial charge in [-0.3, -0.25) is 19.1 Å². The smallest absolute Gasteiger partial charge is 0.315 e. The number of fused-ring (bicyclic) bond motifs is 2. The van der Waals surface area contributed by atoms with Gasteiger partial charge in [-0.25, -0.2) is 24.7 Å². The summed E-state index contributed by atoms with van der Waals surface area (Å²) in [5.74, 6) is 0.615.